The number of para-hydroxylation sites is 2. The van der Waals surface area contributed by atoms with Gasteiger partial charge in [0.05, 0.1) is 16.7 Å². The molecule has 6 heteroatoms. The van der Waals surface area contributed by atoms with Crippen molar-refractivity contribution in [2.24, 2.45) is 7.05 Å². The van der Waals surface area contributed by atoms with Gasteiger partial charge in [-0.05, 0) is 52.1 Å². The van der Waals surface area contributed by atoms with Gasteiger partial charge in [-0.25, -0.2) is 19.7 Å². The minimum atomic E-state index is -0.0720. The molecule has 0 N–H and O–H groups in total. The molecule has 252 valence electrons. The third-order valence-electron chi connectivity index (χ3n) is 9.65. The fraction of sp³-hybridized carbons (Fsp3) is 0.0213. The van der Waals surface area contributed by atoms with Crippen LogP contribution in [0.25, 0.3) is 84.3 Å². The van der Waals surface area contributed by atoms with Gasteiger partial charge in [0.2, 0.25) is 0 Å². The molecule has 7 aromatic carbocycles. The van der Waals surface area contributed by atoms with Gasteiger partial charge in [0.1, 0.15) is 0 Å². The lowest BCUT2D eigenvalue weighted by molar-refractivity contribution is 0.847. The Hall–Kier alpha value is -7.18. The number of aromatic nitrogens is 5. The van der Waals surface area contributed by atoms with Gasteiger partial charge in [-0.2, -0.15) is 0 Å². The van der Waals surface area contributed by atoms with Crippen LogP contribution in [0, 0.1) is 0 Å². The Labute approximate surface area is 307 Å². The van der Waals surface area contributed by atoms with Crippen LogP contribution in [0.4, 0.5) is 0 Å². The number of nitrogens with zero attached hydrogens (tertiary/aromatic N) is 5. The molecule has 0 amide bonds. The zero-order chi connectivity index (χ0) is 35.7. The second-order valence-corrected chi connectivity index (χ2v) is 13.0. The molecular formula is C47H33N5O. The second-order valence-electron chi connectivity index (χ2n) is 13.0. The van der Waals surface area contributed by atoms with E-state index in [9.17, 15) is 4.79 Å². The highest BCUT2D eigenvalue weighted by atomic mass is 16.1. The van der Waals surface area contributed by atoms with E-state index in [1.807, 2.05) is 110 Å². The van der Waals surface area contributed by atoms with Crippen molar-refractivity contribution in [1.29, 1.82) is 0 Å². The molecule has 0 saturated carbocycles. The molecule has 2 heterocycles. The summed E-state index contributed by atoms with van der Waals surface area (Å²) in [7, 11) is 1.84. The molecule has 0 aliphatic carbocycles. The van der Waals surface area contributed by atoms with Crippen LogP contribution in [-0.4, -0.2) is 24.1 Å². The van der Waals surface area contributed by atoms with Gasteiger partial charge in [0.25, 0.3) is 0 Å². The first-order valence-electron chi connectivity index (χ1n) is 17.6. The van der Waals surface area contributed by atoms with Crippen molar-refractivity contribution in [2.45, 2.75) is 0 Å². The fourth-order valence-corrected chi connectivity index (χ4v) is 6.95. The van der Waals surface area contributed by atoms with Crippen LogP contribution in [0.2, 0.25) is 0 Å². The molecule has 0 atom stereocenters. The van der Waals surface area contributed by atoms with Gasteiger partial charge in [-0.1, -0.05) is 158 Å². The molecule has 2 aromatic heterocycles. The van der Waals surface area contributed by atoms with Gasteiger partial charge >= 0.3 is 5.69 Å². The summed E-state index contributed by atoms with van der Waals surface area (Å²) in [6, 6.07) is 61.4. The van der Waals surface area contributed by atoms with E-state index in [4.69, 9.17) is 15.0 Å². The fourth-order valence-electron chi connectivity index (χ4n) is 6.95. The topological polar surface area (TPSA) is 65.6 Å². The van der Waals surface area contributed by atoms with Gasteiger partial charge < -0.3 is 0 Å². The number of benzene rings is 7. The maximum absolute atomic E-state index is 13.4. The first-order chi connectivity index (χ1) is 26.1. The Balaban J connectivity index is 1.05. The second kappa shape index (κ2) is 13.5. The minimum absolute atomic E-state index is 0.0720. The molecule has 0 fully saturated rings. The molecule has 9 rings (SSSR count). The number of hydrogen-bond acceptors (Lipinski definition) is 4. The maximum Gasteiger partial charge on any atom is 0.333 e. The summed E-state index contributed by atoms with van der Waals surface area (Å²) < 4.78 is 3.51. The van der Waals surface area contributed by atoms with Crippen LogP contribution in [0.15, 0.2) is 187 Å². The largest absolute Gasteiger partial charge is 0.333 e. The summed E-state index contributed by atoms with van der Waals surface area (Å²) in [4.78, 5) is 28.3. The molecule has 0 bridgehead atoms. The molecule has 6 nitrogen and oxygen atoms in total. The molecule has 0 aliphatic heterocycles. The molecular weight excluding hydrogens is 651 g/mol. The lowest BCUT2D eigenvalue weighted by atomic mass is 9.98. The number of aryl methyl sites for hydroxylation is 1. The van der Waals surface area contributed by atoms with Gasteiger partial charge in [-0.15, -0.1) is 0 Å². The Bertz CT molecular complexity index is 2770. The molecule has 0 unspecified atom stereocenters. The van der Waals surface area contributed by atoms with E-state index in [2.05, 4.69) is 78.9 Å². The van der Waals surface area contributed by atoms with Crippen molar-refractivity contribution in [2.75, 3.05) is 0 Å². The van der Waals surface area contributed by atoms with Crippen molar-refractivity contribution >= 4 is 11.0 Å². The Morgan fingerprint density at radius 2 is 0.830 bits per heavy atom. The van der Waals surface area contributed by atoms with Gasteiger partial charge in [0, 0.05) is 29.3 Å². The van der Waals surface area contributed by atoms with Crippen LogP contribution < -0.4 is 5.69 Å². The third kappa shape index (κ3) is 6.02. The van der Waals surface area contributed by atoms with E-state index in [0.717, 1.165) is 66.8 Å². The summed E-state index contributed by atoms with van der Waals surface area (Å²) >= 11 is 0. The lowest BCUT2D eigenvalue weighted by Crippen LogP contribution is -2.20. The van der Waals surface area contributed by atoms with Crippen molar-refractivity contribution in [3.8, 4) is 73.2 Å². The summed E-state index contributed by atoms with van der Waals surface area (Å²) in [5.74, 6) is 1.86. The van der Waals surface area contributed by atoms with Gasteiger partial charge in [-0.3, -0.25) is 9.13 Å². The van der Waals surface area contributed by atoms with E-state index in [1.165, 1.54) is 0 Å². The monoisotopic (exact) mass is 683 g/mol. The van der Waals surface area contributed by atoms with Crippen molar-refractivity contribution in [1.82, 2.24) is 24.1 Å². The molecule has 0 aliphatic rings. The highest BCUT2D eigenvalue weighted by Gasteiger charge is 2.17. The number of hydrogen-bond donors (Lipinski definition) is 0. The third-order valence-corrected chi connectivity index (χ3v) is 9.65. The predicted molar refractivity (Wildman–Crippen MR) is 215 cm³/mol. The number of rotatable bonds is 7. The first-order valence-corrected chi connectivity index (χ1v) is 17.6. The van der Waals surface area contributed by atoms with Crippen LogP contribution in [0.1, 0.15) is 0 Å². The van der Waals surface area contributed by atoms with E-state index < -0.39 is 0 Å². The Morgan fingerprint density at radius 3 is 1.45 bits per heavy atom. The van der Waals surface area contributed by atoms with Gasteiger partial charge in [0.15, 0.2) is 17.5 Å². The van der Waals surface area contributed by atoms with E-state index in [1.54, 1.807) is 9.13 Å². The lowest BCUT2D eigenvalue weighted by Gasteiger charge is -2.10. The molecule has 9 aromatic rings. The van der Waals surface area contributed by atoms with Crippen molar-refractivity contribution < 1.29 is 0 Å². The molecule has 0 spiro atoms. The summed E-state index contributed by atoms with van der Waals surface area (Å²) in [5.41, 5.74) is 11.8. The maximum atomic E-state index is 13.4. The molecule has 0 radical (unpaired) electrons. The highest BCUT2D eigenvalue weighted by Crippen LogP contribution is 2.33. The van der Waals surface area contributed by atoms with Crippen LogP contribution in [0.3, 0.4) is 0 Å². The van der Waals surface area contributed by atoms with E-state index in [0.29, 0.717) is 17.5 Å². The van der Waals surface area contributed by atoms with Crippen molar-refractivity contribution in [3.05, 3.63) is 192 Å². The van der Waals surface area contributed by atoms with E-state index in [-0.39, 0.29) is 5.69 Å². The zero-order valence-electron chi connectivity index (χ0n) is 29.0. The average molecular weight is 684 g/mol. The highest BCUT2D eigenvalue weighted by molar-refractivity contribution is 5.94. The quantitative estimate of drug-likeness (QED) is 0.168. The summed E-state index contributed by atoms with van der Waals surface area (Å²) in [6.45, 7) is 0. The first kappa shape index (κ1) is 31.8. The molecule has 53 heavy (non-hydrogen) atoms. The summed E-state index contributed by atoms with van der Waals surface area (Å²) in [5, 5.41) is 0. The zero-order valence-corrected chi connectivity index (χ0v) is 29.0. The normalized spacial score (nSPS) is 11.2. The van der Waals surface area contributed by atoms with Crippen molar-refractivity contribution in [3.63, 3.8) is 0 Å². The number of imidazole rings is 1. The van der Waals surface area contributed by atoms with Crippen LogP contribution in [0.5, 0.6) is 0 Å². The molecule has 0 saturated heterocycles. The number of fused-ring (bicyclic) bond motifs is 1. The summed E-state index contributed by atoms with van der Waals surface area (Å²) in [6.07, 6.45) is 0. The van der Waals surface area contributed by atoms with E-state index >= 15 is 0 Å². The Kier molecular flexibility index (Phi) is 8.10. The Morgan fingerprint density at radius 1 is 0.396 bits per heavy atom. The average Bonchev–Trinajstić information content (AvgIpc) is 3.50. The smallest absolute Gasteiger partial charge is 0.294 e. The van der Waals surface area contributed by atoms with Crippen LogP contribution >= 0.6 is 0 Å². The standard InChI is InChI=1S/C47H33N5O/c1-51-43-41(21-12-22-42(43)52(47(51)53)40-19-9-4-10-20-40)35-27-23-33(24-28-35)34-25-29-37(30-26-34)45-48-44(36-15-7-3-8-16-36)49-46(50-45)39-18-11-17-38(31-39)32-13-5-2-6-14-32/h2-31H,1H3. The van der Waals surface area contributed by atoms with Crippen LogP contribution in [-0.2, 0) is 7.05 Å². The minimum Gasteiger partial charge on any atom is -0.294 e. The predicted octanol–water partition coefficient (Wildman–Crippen LogP) is 10.5. The SMILES string of the molecule is Cn1c(=O)n(-c2ccccc2)c2cccc(-c3ccc(-c4ccc(-c5nc(-c6ccccc6)nc(-c6cccc(-c7ccccc7)c6)n5)cc4)cc3)c21.